The monoisotopic (exact) mass is 229 g/mol. The molecule has 2 fully saturated rings. The molecule has 5 nitrogen and oxygen atoms in total. The smallest absolute Gasteiger partial charge is 0.254 e. The molecule has 0 aromatic rings. The number of nitrogens with zero attached hydrogens (tertiary/aromatic N) is 1. The molecule has 1 N–H and O–H groups in total. The van der Waals surface area contributed by atoms with E-state index in [9.17, 15) is 4.79 Å². The highest BCUT2D eigenvalue weighted by Crippen LogP contribution is 2.18. The molecule has 0 saturated carbocycles. The van der Waals surface area contributed by atoms with Gasteiger partial charge >= 0.3 is 0 Å². The molecule has 92 valence electrons. The second kappa shape index (κ2) is 5.61. The molecule has 5 heteroatoms. The molecule has 0 spiro atoms. The minimum absolute atomic E-state index is 0.0380. The second-order valence-electron chi connectivity index (χ2n) is 4.39. The van der Waals surface area contributed by atoms with Crippen LogP contribution in [0, 0.1) is 5.92 Å². The lowest BCUT2D eigenvalue weighted by atomic mass is 9.97. The van der Waals surface area contributed by atoms with Gasteiger partial charge in [0, 0.05) is 19.7 Å². The Morgan fingerprint density at radius 1 is 1.31 bits per heavy atom. The summed E-state index contributed by atoms with van der Waals surface area (Å²) in [5.74, 6) is 0.392. The van der Waals surface area contributed by atoms with E-state index in [2.05, 4.69) is 0 Å². The van der Waals surface area contributed by atoms with E-state index in [1.807, 2.05) is 4.90 Å². The number of carbonyl (C=O) groups excluding carboxylic acids is 1. The van der Waals surface area contributed by atoms with Crippen molar-refractivity contribution in [3.63, 3.8) is 0 Å². The molecule has 0 radical (unpaired) electrons. The molecule has 0 aromatic carbocycles. The molecule has 2 heterocycles. The highest BCUT2D eigenvalue weighted by molar-refractivity contribution is 5.81. The number of hydrogen-bond acceptors (Lipinski definition) is 4. The molecule has 1 atom stereocenters. The molecule has 2 saturated heterocycles. The number of hydrogen-bond donors (Lipinski definition) is 1. The number of aliphatic hydroxyl groups is 1. The molecule has 2 aliphatic rings. The Morgan fingerprint density at radius 2 is 2.06 bits per heavy atom. The maximum Gasteiger partial charge on any atom is 0.254 e. The van der Waals surface area contributed by atoms with Crippen LogP contribution in [-0.4, -0.2) is 61.5 Å². The van der Waals surface area contributed by atoms with Crippen molar-refractivity contribution in [2.75, 3.05) is 39.5 Å². The van der Waals surface area contributed by atoms with Crippen LogP contribution in [-0.2, 0) is 14.3 Å². The van der Waals surface area contributed by atoms with E-state index >= 15 is 0 Å². The number of carbonyl (C=O) groups is 1. The molecule has 1 amide bonds. The fourth-order valence-electron chi connectivity index (χ4n) is 2.17. The van der Waals surface area contributed by atoms with Crippen LogP contribution in [0.2, 0.25) is 0 Å². The van der Waals surface area contributed by atoms with Crippen molar-refractivity contribution < 1.29 is 19.4 Å². The zero-order valence-electron chi connectivity index (χ0n) is 9.43. The highest BCUT2D eigenvalue weighted by atomic mass is 16.6. The molecule has 16 heavy (non-hydrogen) atoms. The van der Waals surface area contributed by atoms with Crippen molar-refractivity contribution in [3.05, 3.63) is 0 Å². The summed E-state index contributed by atoms with van der Waals surface area (Å²) in [6.45, 7) is 3.14. The van der Waals surface area contributed by atoms with Crippen molar-refractivity contribution in [2.45, 2.75) is 18.9 Å². The van der Waals surface area contributed by atoms with Crippen LogP contribution in [0.25, 0.3) is 0 Å². The fraction of sp³-hybridized carbons (Fsp3) is 0.909. The highest BCUT2D eigenvalue weighted by Gasteiger charge is 2.30. The standard InChI is InChI=1S/C11H19NO4/c13-7-9-1-3-12(4-2-9)11(14)10-8-15-5-6-16-10/h9-10,13H,1-8H2. The zero-order valence-corrected chi connectivity index (χ0v) is 9.43. The Morgan fingerprint density at radius 3 is 2.62 bits per heavy atom. The summed E-state index contributed by atoms with van der Waals surface area (Å²) >= 11 is 0. The predicted molar refractivity (Wildman–Crippen MR) is 56.9 cm³/mol. The molecule has 1 unspecified atom stereocenters. The first-order valence-electron chi connectivity index (χ1n) is 5.90. The zero-order chi connectivity index (χ0) is 11.4. The molecule has 2 aliphatic heterocycles. The van der Waals surface area contributed by atoms with Crippen molar-refractivity contribution in [2.24, 2.45) is 5.92 Å². The van der Waals surface area contributed by atoms with E-state index in [4.69, 9.17) is 14.6 Å². The number of amides is 1. The van der Waals surface area contributed by atoms with Crippen LogP contribution >= 0.6 is 0 Å². The fourth-order valence-corrected chi connectivity index (χ4v) is 2.17. The van der Waals surface area contributed by atoms with Crippen LogP contribution in [0.1, 0.15) is 12.8 Å². The maximum absolute atomic E-state index is 12.0. The van der Waals surface area contributed by atoms with Gasteiger partial charge in [-0.2, -0.15) is 0 Å². The lowest BCUT2D eigenvalue weighted by Crippen LogP contribution is -2.48. The number of rotatable bonds is 2. The van der Waals surface area contributed by atoms with Crippen LogP contribution in [0.4, 0.5) is 0 Å². The van der Waals surface area contributed by atoms with Gasteiger partial charge in [0.05, 0.1) is 19.8 Å². The van der Waals surface area contributed by atoms with E-state index in [-0.39, 0.29) is 12.5 Å². The number of piperidine rings is 1. The summed E-state index contributed by atoms with van der Waals surface area (Å²) in [5, 5.41) is 9.02. The van der Waals surface area contributed by atoms with Gasteiger partial charge in [-0.25, -0.2) is 0 Å². The summed E-state index contributed by atoms with van der Waals surface area (Å²) in [6.07, 6.45) is 1.35. The lowest BCUT2D eigenvalue weighted by Gasteiger charge is -2.34. The topological polar surface area (TPSA) is 59.0 Å². The third-order valence-corrected chi connectivity index (χ3v) is 3.28. The van der Waals surface area contributed by atoms with E-state index < -0.39 is 6.10 Å². The number of likely N-dealkylation sites (tertiary alicyclic amines) is 1. The van der Waals surface area contributed by atoms with Gasteiger partial charge in [0.2, 0.25) is 0 Å². The average Bonchev–Trinajstić information content (AvgIpc) is 2.39. The van der Waals surface area contributed by atoms with Gasteiger partial charge in [0.25, 0.3) is 5.91 Å². The summed E-state index contributed by atoms with van der Waals surface area (Å²) in [5.41, 5.74) is 0. The normalized spacial score (nSPS) is 28.1. The van der Waals surface area contributed by atoms with Gasteiger partial charge in [-0.1, -0.05) is 0 Å². The first-order chi connectivity index (χ1) is 7.81. The van der Waals surface area contributed by atoms with Crippen molar-refractivity contribution in [1.29, 1.82) is 0 Å². The molecule has 0 aliphatic carbocycles. The molecule has 0 aromatic heterocycles. The Bertz CT molecular complexity index is 232. The Balaban J connectivity index is 1.81. The molecular weight excluding hydrogens is 210 g/mol. The Hall–Kier alpha value is -0.650. The maximum atomic E-state index is 12.0. The van der Waals surface area contributed by atoms with E-state index in [1.165, 1.54) is 0 Å². The van der Waals surface area contributed by atoms with Crippen molar-refractivity contribution in [3.8, 4) is 0 Å². The minimum Gasteiger partial charge on any atom is -0.396 e. The summed E-state index contributed by atoms with van der Waals surface area (Å²) in [7, 11) is 0. The Labute approximate surface area is 95.3 Å². The third kappa shape index (κ3) is 2.72. The Kier molecular flexibility index (Phi) is 4.15. The average molecular weight is 229 g/mol. The SMILES string of the molecule is O=C(C1COCCO1)N1CCC(CO)CC1. The van der Waals surface area contributed by atoms with Crippen LogP contribution in [0.3, 0.4) is 0 Å². The van der Waals surface area contributed by atoms with Gasteiger partial charge in [-0.15, -0.1) is 0 Å². The van der Waals surface area contributed by atoms with E-state index in [0.29, 0.717) is 25.7 Å². The first kappa shape index (κ1) is 11.8. The van der Waals surface area contributed by atoms with Gasteiger partial charge in [-0.05, 0) is 18.8 Å². The van der Waals surface area contributed by atoms with Crippen molar-refractivity contribution >= 4 is 5.91 Å². The molecule has 0 bridgehead atoms. The van der Waals surface area contributed by atoms with Crippen LogP contribution in [0.15, 0.2) is 0 Å². The minimum atomic E-state index is -0.417. The lowest BCUT2D eigenvalue weighted by molar-refractivity contribution is -0.159. The molecular formula is C11H19NO4. The van der Waals surface area contributed by atoms with Crippen LogP contribution in [0.5, 0.6) is 0 Å². The summed E-state index contributed by atoms with van der Waals surface area (Å²) < 4.78 is 10.6. The number of ether oxygens (including phenoxy) is 2. The van der Waals surface area contributed by atoms with Gasteiger partial charge in [0.1, 0.15) is 0 Å². The number of aliphatic hydroxyl groups excluding tert-OH is 1. The van der Waals surface area contributed by atoms with Crippen molar-refractivity contribution in [1.82, 2.24) is 4.90 Å². The molecule has 2 rings (SSSR count). The third-order valence-electron chi connectivity index (χ3n) is 3.28. The van der Waals surface area contributed by atoms with E-state index in [1.54, 1.807) is 0 Å². The second-order valence-corrected chi connectivity index (χ2v) is 4.39. The summed E-state index contributed by atoms with van der Waals surface area (Å²) in [6, 6.07) is 0. The van der Waals surface area contributed by atoms with Gasteiger partial charge < -0.3 is 19.5 Å². The predicted octanol–water partition coefficient (Wildman–Crippen LogP) is -0.367. The van der Waals surface area contributed by atoms with Crippen LogP contribution < -0.4 is 0 Å². The van der Waals surface area contributed by atoms with Gasteiger partial charge in [-0.3, -0.25) is 4.79 Å². The summed E-state index contributed by atoms with van der Waals surface area (Å²) in [4.78, 5) is 13.8. The largest absolute Gasteiger partial charge is 0.396 e. The van der Waals surface area contributed by atoms with E-state index in [0.717, 1.165) is 25.9 Å². The first-order valence-corrected chi connectivity index (χ1v) is 5.90. The quantitative estimate of drug-likeness (QED) is 0.702. The van der Waals surface area contributed by atoms with Gasteiger partial charge in [0.15, 0.2) is 6.10 Å².